The number of quaternary nitrogens is 1. The summed E-state index contributed by atoms with van der Waals surface area (Å²) < 4.78 is 35.3. The molecule has 4 aromatic carbocycles. The molecule has 0 unspecified atom stereocenters. The number of hydrogen-bond acceptors (Lipinski definition) is 3. The summed E-state index contributed by atoms with van der Waals surface area (Å²) in [5.41, 5.74) is 4.28. The van der Waals surface area contributed by atoms with Gasteiger partial charge in [0.25, 0.3) is 0 Å². The SMILES string of the molecule is COc1ccc(CCC[NH2+][C@H](c2ccccc2)[C@H](NS(=O)(=O)c2ccc(C)cc2)c2ccccc2)cc1. The van der Waals surface area contributed by atoms with Gasteiger partial charge in [0.2, 0.25) is 10.0 Å². The Labute approximate surface area is 220 Å². The lowest BCUT2D eigenvalue weighted by molar-refractivity contribution is -0.700. The zero-order valence-electron chi connectivity index (χ0n) is 21.4. The molecule has 0 aromatic heterocycles. The molecule has 0 aliphatic rings. The van der Waals surface area contributed by atoms with Crippen LogP contribution in [0.25, 0.3) is 0 Å². The average molecular weight is 516 g/mol. The van der Waals surface area contributed by atoms with Gasteiger partial charge >= 0.3 is 0 Å². The smallest absolute Gasteiger partial charge is 0.241 e. The molecule has 192 valence electrons. The van der Waals surface area contributed by atoms with E-state index in [9.17, 15) is 8.42 Å². The highest BCUT2D eigenvalue weighted by atomic mass is 32.2. The lowest BCUT2D eigenvalue weighted by Crippen LogP contribution is -2.87. The van der Waals surface area contributed by atoms with E-state index >= 15 is 0 Å². The van der Waals surface area contributed by atoms with E-state index in [0.717, 1.165) is 41.8 Å². The third-order valence-corrected chi connectivity index (χ3v) is 8.02. The van der Waals surface area contributed by atoms with E-state index in [2.05, 4.69) is 34.3 Å². The largest absolute Gasteiger partial charge is 0.497 e. The zero-order valence-corrected chi connectivity index (χ0v) is 22.2. The predicted octanol–water partition coefficient (Wildman–Crippen LogP) is 4.96. The fourth-order valence-corrected chi connectivity index (χ4v) is 5.74. The molecule has 4 rings (SSSR count). The molecule has 4 aromatic rings. The summed E-state index contributed by atoms with van der Waals surface area (Å²) in [7, 11) is -2.07. The molecule has 0 heterocycles. The van der Waals surface area contributed by atoms with E-state index in [-0.39, 0.29) is 10.9 Å². The second-order valence-electron chi connectivity index (χ2n) is 9.24. The maximum Gasteiger partial charge on any atom is 0.241 e. The molecule has 0 bridgehead atoms. The summed E-state index contributed by atoms with van der Waals surface area (Å²) in [5, 5.41) is 2.26. The van der Waals surface area contributed by atoms with Crippen molar-refractivity contribution in [2.45, 2.75) is 36.7 Å². The fourth-order valence-electron chi connectivity index (χ4n) is 4.50. The molecule has 3 N–H and O–H groups in total. The number of nitrogens with one attached hydrogen (secondary N) is 1. The summed E-state index contributed by atoms with van der Waals surface area (Å²) in [6.45, 7) is 2.80. The van der Waals surface area contributed by atoms with E-state index in [4.69, 9.17) is 4.74 Å². The van der Waals surface area contributed by atoms with Crippen molar-refractivity contribution in [3.8, 4) is 5.75 Å². The minimum Gasteiger partial charge on any atom is -0.497 e. The number of hydrogen-bond donors (Lipinski definition) is 2. The molecular formula is C31H35N2O3S+. The van der Waals surface area contributed by atoms with Crippen LogP contribution in [0.1, 0.15) is 40.8 Å². The topological polar surface area (TPSA) is 72.0 Å². The van der Waals surface area contributed by atoms with Crippen LogP contribution in [-0.4, -0.2) is 22.1 Å². The van der Waals surface area contributed by atoms with Crippen LogP contribution in [0.3, 0.4) is 0 Å². The highest BCUT2D eigenvalue weighted by Gasteiger charge is 2.32. The van der Waals surface area contributed by atoms with Crippen LogP contribution in [0, 0.1) is 6.92 Å². The van der Waals surface area contributed by atoms with Gasteiger partial charge in [-0.1, -0.05) is 90.5 Å². The maximum absolute atomic E-state index is 13.5. The molecular weight excluding hydrogens is 480 g/mol. The Balaban J connectivity index is 1.58. The Bertz CT molecular complexity index is 1340. The van der Waals surface area contributed by atoms with E-state index in [0.29, 0.717) is 0 Å². The molecule has 0 spiro atoms. The van der Waals surface area contributed by atoms with Gasteiger partial charge in [-0.25, -0.2) is 8.42 Å². The summed E-state index contributed by atoms with van der Waals surface area (Å²) >= 11 is 0. The Hall–Kier alpha value is -3.45. The fraction of sp³-hybridized carbons (Fsp3) is 0.226. The highest BCUT2D eigenvalue weighted by molar-refractivity contribution is 7.89. The van der Waals surface area contributed by atoms with Crippen molar-refractivity contribution in [1.82, 2.24) is 4.72 Å². The van der Waals surface area contributed by atoms with Gasteiger partial charge in [0, 0.05) is 12.0 Å². The Morgan fingerprint density at radius 2 is 1.38 bits per heavy atom. The Kier molecular flexibility index (Phi) is 9.12. The summed E-state index contributed by atoms with van der Waals surface area (Å²) in [4.78, 5) is 0.269. The third-order valence-electron chi connectivity index (χ3n) is 6.56. The van der Waals surface area contributed by atoms with Gasteiger partial charge < -0.3 is 10.1 Å². The molecule has 0 saturated carbocycles. The van der Waals surface area contributed by atoms with E-state index in [1.807, 2.05) is 79.7 Å². The number of sulfonamides is 1. The van der Waals surface area contributed by atoms with Crippen molar-refractivity contribution in [2.24, 2.45) is 0 Å². The number of nitrogens with two attached hydrogens (primary N) is 1. The van der Waals surface area contributed by atoms with Crippen LogP contribution in [-0.2, 0) is 16.4 Å². The quantitative estimate of drug-likeness (QED) is 0.262. The number of rotatable bonds is 12. The first-order valence-corrected chi connectivity index (χ1v) is 14.1. The van der Waals surface area contributed by atoms with Crippen LogP contribution in [0.2, 0.25) is 0 Å². The van der Waals surface area contributed by atoms with E-state index in [1.54, 1.807) is 19.2 Å². The first kappa shape index (κ1) is 26.6. The van der Waals surface area contributed by atoms with Gasteiger partial charge in [0.05, 0.1) is 18.6 Å². The number of aryl methyl sites for hydroxylation is 2. The normalized spacial score (nSPS) is 13.1. The molecule has 0 saturated heterocycles. The highest BCUT2D eigenvalue weighted by Crippen LogP contribution is 2.28. The first-order valence-electron chi connectivity index (χ1n) is 12.6. The van der Waals surface area contributed by atoms with Crippen molar-refractivity contribution in [2.75, 3.05) is 13.7 Å². The Morgan fingerprint density at radius 1 is 0.784 bits per heavy atom. The summed E-state index contributed by atoms with van der Waals surface area (Å²) in [6.07, 6.45) is 1.90. The molecule has 0 aliphatic heterocycles. The first-order chi connectivity index (χ1) is 18.0. The van der Waals surface area contributed by atoms with Crippen LogP contribution in [0.15, 0.2) is 114 Å². The maximum atomic E-state index is 13.5. The van der Waals surface area contributed by atoms with Crippen LogP contribution in [0.5, 0.6) is 5.75 Å². The third kappa shape index (κ3) is 7.29. The summed E-state index contributed by atoms with van der Waals surface area (Å²) in [5.74, 6) is 0.853. The van der Waals surface area contributed by atoms with Gasteiger partial charge in [-0.2, -0.15) is 4.72 Å². The van der Waals surface area contributed by atoms with Crippen molar-refractivity contribution in [1.29, 1.82) is 0 Å². The van der Waals surface area contributed by atoms with E-state index < -0.39 is 16.1 Å². The monoisotopic (exact) mass is 515 g/mol. The minimum atomic E-state index is -3.74. The van der Waals surface area contributed by atoms with Gasteiger partial charge in [-0.3, -0.25) is 0 Å². The molecule has 5 nitrogen and oxygen atoms in total. The van der Waals surface area contributed by atoms with Gasteiger partial charge in [0.15, 0.2) is 0 Å². The Morgan fingerprint density at radius 3 is 1.97 bits per heavy atom. The standard InChI is InChI=1S/C31H34N2O3S/c1-24-15-21-29(22-16-24)37(34,35)33-31(27-13-7-4-8-14-27)30(26-11-5-3-6-12-26)32-23-9-10-25-17-19-28(36-2)20-18-25/h3-8,11-22,30-33H,9-10,23H2,1-2H3/p+1/t30-,31-/m1/s1. The predicted molar refractivity (Wildman–Crippen MR) is 148 cm³/mol. The second-order valence-corrected chi connectivity index (χ2v) is 10.9. The minimum absolute atomic E-state index is 0.139. The lowest BCUT2D eigenvalue weighted by atomic mass is 9.94. The molecule has 0 aliphatic carbocycles. The van der Waals surface area contributed by atoms with E-state index in [1.165, 1.54) is 5.56 Å². The second kappa shape index (κ2) is 12.7. The van der Waals surface area contributed by atoms with Gasteiger partial charge in [-0.15, -0.1) is 0 Å². The van der Waals surface area contributed by atoms with Gasteiger partial charge in [-0.05, 0) is 48.7 Å². The zero-order chi connectivity index (χ0) is 26.1. The number of benzene rings is 4. The van der Waals surface area contributed by atoms with Crippen molar-refractivity contribution in [3.63, 3.8) is 0 Å². The lowest BCUT2D eigenvalue weighted by Gasteiger charge is -2.27. The summed E-state index contributed by atoms with van der Waals surface area (Å²) in [6, 6.07) is 34.5. The average Bonchev–Trinajstić information content (AvgIpc) is 2.93. The van der Waals surface area contributed by atoms with Crippen LogP contribution >= 0.6 is 0 Å². The number of ether oxygens (including phenoxy) is 1. The van der Waals surface area contributed by atoms with Crippen molar-refractivity contribution in [3.05, 3.63) is 131 Å². The molecule has 0 radical (unpaired) electrons. The molecule has 0 fully saturated rings. The van der Waals surface area contributed by atoms with Crippen LogP contribution < -0.4 is 14.8 Å². The number of methoxy groups -OCH3 is 1. The molecule has 0 amide bonds. The van der Waals surface area contributed by atoms with Crippen molar-refractivity contribution < 1.29 is 18.5 Å². The molecule has 37 heavy (non-hydrogen) atoms. The van der Waals surface area contributed by atoms with Gasteiger partial charge in [0.1, 0.15) is 17.8 Å². The molecule has 2 atom stereocenters. The molecule has 6 heteroatoms. The van der Waals surface area contributed by atoms with Crippen LogP contribution in [0.4, 0.5) is 0 Å². The van der Waals surface area contributed by atoms with Crippen molar-refractivity contribution >= 4 is 10.0 Å².